The van der Waals surface area contributed by atoms with Crippen LogP contribution in [0.1, 0.15) is 15.4 Å². The van der Waals surface area contributed by atoms with Crippen LogP contribution in [-0.2, 0) is 0 Å². The van der Waals surface area contributed by atoms with E-state index in [-0.39, 0.29) is 5.69 Å². The number of aryl methyl sites for hydroxylation is 1. The van der Waals surface area contributed by atoms with Gasteiger partial charge in [0.05, 0.1) is 21.2 Å². The third-order valence-corrected chi connectivity index (χ3v) is 6.18. The quantitative estimate of drug-likeness (QED) is 0.224. The maximum atomic E-state index is 12.7. The molecule has 4 rings (SSSR count). The lowest BCUT2D eigenvalue weighted by atomic mass is 10.3. The first-order valence-electron chi connectivity index (χ1n) is 8.86. The molecule has 0 unspecified atom stereocenters. The van der Waals surface area contributed by atoms with Gasteiger partial charge < -0.3 is 4.74 Å². The lowest BCUT2D eigenvalue weighted by Crippen LogP contribution is -2.11. The number of rotatable bonds is 6. The highest BCUT2D eigenvalue weighted by molar-refractivity contribution is 7.99. The van der Waals surface area contributed by atoms with Crippen molar-refractivity contribution in [3.05, 3.63) is 92.8 Å². The standard InChI is InChI=1S/C21H15N3O4S2/c1-14-19(30-17-11-9-16(10-12-17)24(26)27)20(28-21(25)18-8-5-13-29-18)23(22-14)15-6-3-2-4-7-15/h2-13H,1H3. The normalized spacial score (nSPS) is 10.7. The summed E-state index contributed by atoms with van der Waals surface area (Å²) in [5.74, 6) is -0.159. The number of non-ortho nitro benzene ring substituents is 1. The van der Waals surface area contributed by atoms with Crippen molar-refractivity contribution in [1.29, 1.82) is 0 Å². The topological polar surface area (TPSA) is 87.3 Å². The Morgan fingerprint density at radius 3 is 2.47 bits per heavy atom. The molecule has 0 saturated heterocycles. The van der Waals surface area contributed by atoms with Crippen molar-refractivity contribution >= 4 is 34.8 Å². The third kappa shape index (κ3) is 4.12. The molecule has 0 amide bonds. The van der Waals surface area contributed by atoms with Gasteiger partial charge in [0.25, 0.3) is 5.69 Å². The molecule has 0 atom stereocenters. The molecule has 2 aromatic heterocycles. The molecule has 0 fully saturated rings. The van der Waals surface area contributed by atoms with Crippen LogP contribution in [-0.4, -0.2) is 20.7 Å². The molecule has 0 bridgehead atoms. The number of nitro benzene ring substituents is 1. The van der Waals surface area contributed by atoms with E-state index >= 15 is 0 Å². The summed E-state index contributed by atoms with van der Waals surface area (Å²) in [4.78, 5) is 25.0. The van der Waals surface area contributed by atoms with Crippen LogP contribution in [0.5, 0.6) is 5.88 Å². The van der Waals surface area contributed by atoms with E-state index in [1.807, 2.05) is 42.6 Å². The fraction of sp³-hybridized carbons (Fsp3) is 0.0476. The second kappa shape index (κ2) is 8.52. The highest BCUT2D eigenvalue weighted by Gasteiger charge is 2.23. The van der Waals surface area contributed by atoms with Crippen molar-refractivity contribution in [3.63, 3.8) is 0 Å². The maximum Gasteiger partial charge on any atom is 0.355 e. The van der Waals surface area contributed by atoms with Gasteiger partial charge in [-0.1, -0.05) is 36.0 Å². The number of nitrogens with zero attached hydrogens (tertiary/aromatic N) is 3. The van der Waals surface area contributed by atoms with E-state index in [1.165, 1.54) is 35.2 Å². The number of nitro groups is 1. The SMILES string of the molecule is Cc1nn(-c2ccccc2)c(OC(=O)c2cccs2)c1Sc1ccc([N+](=O)[O-])cc1. The van der Waals surface area contributed by atoms with E-state index in [0.717, 1.165) is 10.6 Å². The van der Waals surface area contributed by atoms with Crippen molar-refractivity contribution in [1.82, 2.24) is 9.78 Å². The van der Waals surface area contributed by atoms with Crippen LogP contribution >= 0.6 is 23.1 Å². The molecule has 0 aliphatic heterocycles. The number of ether oxygens (including phenoxy) is 1. The monoisotopic (exact) mass is 437 g/mol. The Morgan fingerprint density at radius 1 is 1.10 bits per heavy atom. The Morgan fingerprint density at radius 2 is 1.83 bits per heavy atom. The number of carbonyl (C=O) groups excluding carboxylic acids is 1. The first kappa shape index (κ1) is 19.9. The lowest BCUT2D eigenvalue weighted by Gasteiger charge is -2.09. The summed E-state index contributed by atoms with van der Waals surface area (Å²) in [6.07, 6.45) is 0. The Labute approximate surface area is 180 Å². The van der Waals surface area contributed by atoms with Gasteiger partial charge in [0.15, 0.2) is 0 Å². The van der Waals surface area contributed by atoms with Gasteiger partial charge in [-0.05, 0) is 42.6 Å². The van der Waals surface area contributed by atoms with Crippen molar-refractivity contribution in [2.75, 3.05) is 0 Å². The van der Waals surface area contributed by atoms with E-state index < -0.39 is 10.9 Å². The minimum absolute atomic E-state index is 0.0143. The van der Waals surface area contributed by atoms with E-state index in [2.05, 4.69) is 5.10 Å². The molecule has 0 saturated carbocycles. The minimum Gasteiger partial charge on any atom is -0.402 e. The van der Waals surface area contributed by atoms with E-state index in [4.69, 9.17) is 4.74 Å². The molecule has 9 heteroatoms. The van der Waals surface area contributed by atoms with E-state index in [9.17, 15) is 14.9 Å². The number of hydrogen-bond donors (Lipinski definition) is 0. The molecule has 0 radical (unpaired) electrons. The fourth-order valence-electron chi connectivity index (χ4n) is 2.73. The van der Waals surface area contributed by atoms with Crippen LogP contribution in [0.4, 0.5) is 5.69 Å². The lowest BCUT2D eigenvalue weighted by molar-refractivity contribution is -0.384. The zero-order chi connectivity index (χ0) is 21.1. The molecule has 150 valence electrons. The first-order chi connectivity index (χ1) is 14.5. The van der Waals surface area contributed by atoms with Gasteiger partial charge in [0, 0.05) is 17.0 Å². The smallest absolute Gasteiger partial charge is 0.355 e. The average Bonchev–Trinajstić information content (AvgIpc) is 3.39. The van der Waals surface area contributed by atoms with Crippen LogP contribution in [0, 0.1) is 17.0 Å². The van der Waals surface area contributed by atoms with Gasteiger partial charge in [0.1, 0.15) is 4.88 Å². The molecule has 0 aliphatic rings. The van der Waals surface area contributed by atoms with Gasteiger partial charge in [-0.15, -0.1) is 11.3 Å². The predicted molar refractivity (Wildman–Crippen MR) is 115 cm³/mol. The summed E-state index contributed by atoms with van der Waals surface area (Å²) in [6, 6.07) is 19.1. The molecular weight excluding hydrogens is 422 g/mol. The molecular formula is C21H15N3O4S2. The van der Waals surface area contributed by atoms with Crippen LogP contribution in [0.2, 0.25) is 0 Å². The predicted octanol–water partition coefficient (Wildman–Crippen LogP) is 5.52. The van der Waals surface area contributed by atoms with Crippen LogP contribution in [0.3, 0.4) is 0 Å². The molecule has 0 spiro atoms. The number of carbonyl (C=O) groups is 1. The van der Waals surface area contributed by atoms with Gasteiger partial charge in [-0.2, -0.15) is 9.78 Å². The zero-order valence-corrected chi connectivity index (χ0v) is 17.4. The van der Waals surface area contributed by atoms with Crippen molar-refractivity contribution in [3.8, 4) is 11.6 Å². The summed E-state index contributed by atoms with van der Waals surface area (Å²) in [6.45, 7) is 1.83. The Balaban J connectivity index is 1.74. The van der Waals surface area contributed by atoms with E-state index in [0.29, 0.717) is 21.3 Å². The third-order valence-electron chi connectivity index (χ3n) is 4.15. The summed E-state index contributed by atoms with van der Waals surface area (Å²) >= 11 is 2.63. The number of thiophene rings is 1. The molecule has 2 aromatic carbocycles. The van der Waals surface area contributed by atoms with Gasteiger partial charge in [-0.3, -0.25) is 10.1 Å². The summed E-state index contributed by atoms with van der Waals surface area (Å²) in [7, 11) is 0. The number of aromatic nitrogens is 2. The molecule has 7 nitrogen and oxygen atoms in total. The zero-order valence-electron chi connectivity index (χ0n) is 15.7. The van der Waals surface area contributed by atoms with Crippen molar-refractivity contribution in [2.45, 2.75) is 16.7 Å². The molecule has 0 N–H and O–H groups in total. The number of para-hydroxylation sites is 1. The summed E-state index contributed by atoms with van der Waals surface area (Å²) in [5.41, 5.74) is 1.45. The minimum atomic E-state index is -0.465. The number of esters is 1. The second-order valence-corrected chi connectivity index (χ2v) is 8.22. The van der Waals surface area contributed by atoms with Crippen LogP contribution in [0.25, 0.3) is 5.69 Å². The second-order valence-electron chi connectivity index (χ2n) is 6.19. The Hall–Kier alpha value is -3.43. The van der Waals surface area contributed by atoms with Crippen molar-refractivity contribution in [2.24, 2.45) is 0 Å². The molecule has 2 heterocycles. The molecule has 4 aromatic rings. The summed E-state index contributed by atoms with van der Waals surface area (Å²) < 4.78 is 7.37. The first-order valence-corrected chi connectivity index (χ1v) is 10.6. The number of benzene rings is 2. The fourth-order valence-corrected chi connectivity index (χ4v) is 4.24. The number of hydrogen-bond acceptors (Lipinski definition) is 7. The Bertz CT molecular complexity index is 1190. The van der Waals surface area contributed by atoms with Gasteiger partial charge in [-0.25, -0.2) is 4.79 Å². The van der Waals surface area contributed by atoms with E-state index in [1.54, 1.807) is 28.9 Å². The maximum absolute atomic E-state index is 12.7. The summed E-state index contributed by atoms with van der Waals surface area (Å²) in [5, 5.41) is 17.3. The van der Waals surface area contributed by atoms with Crippen LogP contribution < -0.4 is 4.74 Å². The largest absolute Gasteiger partial charge is 0.402 e. The van der Waals surface area contributed by atoms with Gasteiger partial charge >= 0.3 is 5.97 Å². The highest BCUT2D eigenvalue weighted by Crippen LogP contribution is 2.39. The van der Waals surface area contributed by atoms with Crippen LogP contribution in [0.15, 0.2) is 81.9 Å². The van der Waals surface area contributed by atoms with Gasteiger partial charge in [0.2, 0.25) is 5.88 Å². The molecule has 0 aliphatic carbocycles. The molecule has 30 heavy (non-hydrogen) atoms. The Kier molecular flexibility index (Phi) is 5.64. The average molecular weight is 438 g/mol. The van der Waals surface area contributed by atoms with Crippen molar-refractivity contribution < 1.29 is 14.5 Å². The highest BCUT2D eigenvalue weighted by atomic mass is 32.2.